The van der Waals surface area contributed by atoms with Gasteiger partial charge in [0.05, 0.1) is 6.26 Å². The van der Waals surface area contributed by atoms with E-state index in [1.54, 1.807) is 0 Å². The van der Waals surface area contributed by atoms with Gasteiger partial charge in [-0.2, -0.15) is 0 Å². The lowest BCUT2D eigenvalue weighted by atomic mass is 10.2. The van der Waals surface area contributed by atoms with Crippen molar-refractivity contribution in [2.75, 3.05) is 12.8 Å². The summed E-state index contributed by atoms with van der Waals surface area (Å²) >= 11 is 0. The highest BCUT2D eigenvalue weighted by Crippen LogP contribution is 2.23. The molecule has 1 aromatic heterocycles. The van der Waals surface area contributed by atoms with Crippen molar-refractivity contribution in [3.8, 4) is 5.75 Å². The van der Waals surface area contributed by atoms with E-state index < -0.39 is 10.0 Å². The number of rotatable bonds is 8. The largest absolute Gasteiger partial charge is 0.489 e. The minimum absolute atomic E-state index is 0.441. The van der Waals surface area contributed by atoms with Gasteiger partial charge in [0, 0.05) is 30.2 Å². The Kier molecular flexibility index (Phi) is 5.40. The molecule has 132 valence electrons. The maximum absolute atomic E-state index is 11.1. The minimum atomic E-state index is -3.12. The van der Waals surface area contributed by atoms with Gasteiger partial charge in [-0.15, -0.1) is 0 Å². The Morgan fingerprint density at radius 1 is 1.08 bits per heavy atom. The van der Waals surface area contributed by atoms with Crippen LogP contribution in [0.15, 0.2) is 60.8 Å². The lowest BCUT2D eigenvalue weighted by molar-refractivity contribution is 0.306. The third kappa shape index (κ3) is 5.08. The average Bonchev–Trinajstić information content (AvgIpc) is 2.99. The molecule has 0 saturated carbocycles. The van der Waals surface area contributed by atoms with Gasteiger partial charge >= 0.3 is 0 Å². The first-order valence-electron chi connectivity index (χ1n) is 8.21. The number of aromatic nitrogens is 1. The van der Waals surface area contributed by atoms with E-state index in [1.165, 1.54) is 6.26 Å². The fraction of sp³-hybridized carbons (Fsp3) is 0.263. The molecular formula is C19H22N2O3S. The number of nitrogens with one attached hydrogen (secondary N) is 1. The maximum atomic E-state index is 11.1. The first-order valence-corrected chi connectivity index (χ1v) is 10.1. The standard InChI is InChI=1S/C19H22N2O3S/c1-25(22,23)20-11-5-12-21-13-10-17-14-18(8-9-19(17)21)24-15-16-6-3-2-4-7-16/h2-4,6-10,13-14,20H,5,11-12,15H2,1H3. The molecule has 0 radical (unpaired) electrons. The smallest absolute Gasteiger partial charge is 0.208 e. The van der Waals surface area contributed by atoms with Crippen molar-refractivity contribution in [2.45, 2.75) is 19.6 Å². The first kappa shape index (κ1) is 17.5. The molecule has 0 unspecified atom stereocenters. The van der Waals surface area contributed by atoms with Crippen molar-refractivity contribution in [1.82, 2.24) is 9.29 Å². The highest BCUT2D eigenvalue weighted by molar-refractivity contribution is 7.88. The van der Waals surface area contributed by atoms with Crippen LogP contribution in [0.3, 0.4) is 0 Å². The van der Waals surface area contributed by atoms with Gasteiger partial charge in [0.15, 0.2) is 0 Å². The van der Waals surface area contributed by atoms with Crippen LogP contribution in [0.5, 0.6) is 5.75 Å². The summed E-state index contributed by atoms with van der Waals surface area (Å²) in [4.78, 5) is 0. The molecular weight excluding hydrogens is 336 g/mol. The fourth-order valence-corrected chi connectivity index (χ4v) is 3.23. The van der Waals surface area contributed by atoms with Crippen LogP contribution < -0.4 is 9.46 Å². The Morgan fingerprint density at radius 3 is 2.64 bits per heavy atom. The van der Waals surface area contributed by atoms with Gasteiger partial charge in [-0.1, -0.05) is 30.3 Å². The molecule has 1 heterocycles. The van der Waals surface area contributed by atoms with Gasteiger partial charge in [-0.05, 0) is 36.2 Å². The molecule has 1 N–H and O–H groups in total. The molecule has 2 aromatic carbocycles. The Balaban J connectivity index is 1.60. The first-order chi connectivity index (χ1) is 12.0. The van der Waals surface area contributed by atoms with Crippen molar-refractivity contribution >= 4 is 20.9 Å². The molecule has 0 atom stereocenters. The number of nitrogens with zero attached hydrogens (tertiary/aromatic N) is 1. The third-order valence-corrected chi connectivity index (χ3v) is 4.66. The van der Waals surface area contributed by atoms with Gasteiger partial charge in [-0.25, -0.2) is 13.1 Å². The molecule has 3 rings (SSSR count). The fourth-order valence-electron chi connectivity index (χ4n) is 2.71. The number of hydrogen-bond acceptors (Lipinski definition) is 3. The molecule has 6 heteroatoms. The topological polar surface area (TPSA) is 60.3 Å². The molecule has 25 heavy (non-hydrogen) atoms. The van der Waals surface area contributed by atoms with Crippen LogP contribution in [-0.2, 0) is 23.2 Å². The van der Waals surface area contributed by atoms with Gasteiger partial charge in [0.1, 0.15) is 12.4 Å². The molecule has 0 aliphatic carbocycles. The number of sulfonamides is 1. The van der Waals surface area contributed by atoms with Crippen LogP contribution in [0.4, 0.5) is 0 Å². The molecule has 0 saturated heterocycles. The summed E-state index contributed by atoms with van der Waals surface area (Å²) < 4.78 is 32.6. The second-order valence-corrected chi connectivity index (χ2v) is 7.86. The summed E-state index contributed by atoms with van der Waals surface area (Å²) in [5.41, 5.74) is 2.25. The lowest BCUT2D eigenvalue weighted by Crippen LogP contribution is -2.23. The predicted octanol–water partition coefficient (Wildman–Crippen LogP) is 3.16. The van der Waals surface area contributed by atoms with Crippen molar-refractivity contribution in [3.63, 3.8) is 0 Å². The molecule has 0 bridgehead atoms. The van der Waals surface area contributed by atoms with Crippen molar-refractivity contribution in [2.24, 2.45) is 0 Å². The molecule has 5 nitrogen and oxygen atoms in total. The summed E-state index contributed by atoms with van der Waals surface area (Å²) in [5.74, 6) is 0.841. The Bertz CT molecular complexity index is 934. The maximum Gasteiger partial charge on any atom is 0.208 e. The zero-order valence-corrected chi connectivity index (χ0v) is 15.0. The Hall–Kier alpha value is -2.31. The highest BCUT2D eigenvalue weighted by Gasteiger charge is 2.04. The van der Waals surface area contributed by atoms with Gasteiger partial charge in [0.25, 0.3) is 0 Å². The van der Waals surface area contributed by atoms with E-state index in [0.717, 1.165) is 35.2 Å². The number of benzene rings is 2. The highest BCUT2D eigenvalue weighted by atomic mass is 32.2. The van der Waals surface area contributed by atoms with Crippen LogP contribution >= 0.6 is 0 Å². The summed E-state index contributed by atoms with van der Waals surface area (Å²) in [6.45, 7) is 1.75. The Morgan fingerprint density at radius 2 is 1.88 bits per heavy atom. The van der Waals surface area contributed by atoms with Gasteiger partial charge in [-0.3, -0.25) is 0 Å². The minimum Gasteiger partial charge on any atom is -0.489 e. The molecule has 3 aromatic rings. The van der Waals surface area contributed by atoms with Crippen LogP contribution in [0.25, 0.3) is 10.9 Å². The Labute approximate surface area is 148 Å². The second kappa shape index (κ2) is 7.72. The molecule has 0 aliphatic rings. The summed E-state index contributed by atoms with van der Waals surface area (Å²) in [6, 6.07) is 18.2. The number of fused-ring (bicyclic) bond motifs is 1. The summed E-state index contributed by atoms with van der Waals surface area (Å²) in [7, 11) is -3.12. The average molecular weight is 358 g/mol. The van der Waals surface area contributed by atoms with Crippen LogP contribution in [-0.4, -0.2) is 25.8 Å². The number of ether oxygens (including phenoxy) is 1. The normalized spacial score (nSPS) is 11.7. The molecule has 0 spiro atoms. The van der Waals surface area contributed by atoms with E-state index in [2.05, 4.69) is 15.4 Å². The quantitative estimate of drug-likeness (QED) is 0.629. The zero-order valence-electron chi connectivity index (χ0n) is 14.2. The van der Waals surface area contributed by atoms with Gasteiger partial charge in [0.2, 0.25) is 10.0 Å². The van der Waals surface area contributed by atoms with E-state index in [1.807, 2.05) is 54.7 Å². The van der Waals surface area contributed by atoms with Crippen molar-refractivity contribution in [1.29, 1.82) is 0 Å². The van der Waals surface area contributed by atoms with Crippen molar-refractivity contribution < 1.29 is 13.2 Å². The number of hydrogen-bond donors (Lipinski definition) is 1. The summed E-state index contributed by atoms with van der Waals surface area (Å²) in [5, 5.41) is 1.11. The van der Waals surface area contributed by atoms with E-state index in [-0.39, 0.29) is 0 Å². The molecule has 0 aliphatic heterocycles. The lowest BCUT2D eigenvalue weighted by Gasteiger charge is -2.08. The van der Waals surface area contributed by atoms with Crippen LogP contribution in [0.2, 0.25) is 0 Å². The van der Waals surface area contributed by atoms with Crippen LogP contribution in [0, 0.1) is 0 Å². The van der Waals surface area contributed by atoms with Gasteiger partial charge < -0.3 is 9.30 Å². The van der Waals surface area contributed by atoms with E-state index in [9.17, 15) is 8.42 Å². The van der Waals surface area contributed by atoms with Crippen LogP contribution in [0.1, 0.15) is 12.0 Å². The predicted molar refractivity (Wildman–Crippen MR) is 100 cm³/mol. The monoisotopic (exact) mass is 358 g/mol. The van der Waals surface area contributed by atoms with E-state index in [4.69, 9.17) is 4.74 Å². The zero-order chi connectivity index (χ0) is 17.7. The van der Waals surface area contributed by atoms with E-state index >= 15 is 0 Å². The SMILES string of the molecule is CS(=O)(=O)NCCCn1ccc2cc(OCc3ccccc3)ccc21. The molecule has 0 amide bonds. The third-order valence-electron chi connectivity index (χ3n) is 3.93. The number of aryl methyl sites for hydroxylation is 1. The summed E-state index contributed by atoms with van der Waals surface area (Å²) in [6.07, 6.45) is 3.93. The van der Waals surface area contributed by atoms with E-state index in [0.29, 0.717) is 13.2 Å². The molecule has 0 fully saturated rings. The second-order valence-electron chi connectivity index (χ2n) is 6.02. The van der Waals surface area contributed by atoms with Crippen molar-refractivity contribution in [3.05, 3.63) is 66.4 Å².